The molecule has 0 radical (unpaired) electrons. The molecule has 2 heteroatoms. The molecule has 0 unspecified atom stereocenters. The highest BCUT2D eigenvalue weighted by Gasteiger charge is 2.00. The van der Waals surface area contributed by atoms with Crippen molar-refractivity contribution in [3.05, 3.63) is 22.1 Å². The fraction of sp³-hybridized carbons (Fsp3) is 0.556. The van der Waals surface area contributed by atoms with Crippen LogP contribution in [0.3, 0.4) is 0 Å². The number of thioether (sulfide) groups is 1. The number of hydrogen-bond acceptors (Lipinski definition) is 2. The summed E-state index contributed by atoms with van der Waals surface area (Å²) in [4.78, 5) is 1.21. The van der Waals surface area contributed by atoms with Crippen LogP contribution in [0.25, 0.3) is 0 Å². The van der Waals surface area contributed by atoms with Gasteiger partial charge in [0, 0.05) is 10.6 Å². The Morgan fingerprint density at radius 1 is 1.45 bits per heavy atom. The highest BCUT2D eigenvalue weighted by atomic mass is 32.2. The lowest BCUT2D eigenvalue weighted by molar-refractivity contribution is 0.753. The van der Waals surface area contributed by atoms with Crippen molar-refractivity contribution in [1.29, 1.82) is 0 Å². The Morgan fingerprint density at radius 3 is 2.36 bits per heavy atom. The molecule has 0 saturated carbocycles. The van der Waals surface area contributed by atoms with Gasteiger partial charge >= 0.3 is 0 Å². The average molecular weight is 171 g/mol. The Hall–Kier alpha value is -0.370. The predicted octanol–water partition coefficient (Wildman–Crippen LogP) is 3.10. The van der Waals surface area contributed by atoms with E-state index in [0.29, 0.717) is 5.92 Å². The smallest absolute Gasteiger partial charge is 0.0203 e. The van der Waals surface area contributed by atoms with Gasteiger partial charge in [-0.1, -0.05) is 19.9 Å². The van der Waals surface area contributed by atoms with Crippen molar-refractivity contribution >= 4 is 11.8 Å². The van der Waals surface area contributed by atoms with Crippen LogP contribution in [0.1, 0.15) is 27.7 Å². The van der Waals surface area contributed by atoms with Crippen LogP contribution in [0.2, 0.25) is 0 Å². The molecule has 0 saturated heterocycles. The van der Waals surface area contributed by atoms with E-state index in [9.17, 15) is 0 Å². The first-order chi connectivity index (χ1) is 5.09. The predicted molar refractivity (Wildman–Crippen MR) is 54.1 cm³/mol. The van der Waals surface area contributed by atoms with Gasteiger partial charge in [0.2, 0.25) is 0 Å². The van der Waals surface area contributed by atoms with Crippen LogP contribution in [0.15, 0.2) is 22.1 Å². The van der Waals surface area contributed by atoms with Crippen LogP contribution in [-0.4, -0.2) is 0 Å². The zero-order chi connectivity index (χ0) is 8.85. The molecular formula is C9H17NS. The van der Waals surface area contributed by atoms with Crippen LogP contribution in [-0.2, 0) is 0 Å². The molecular weight excluding hydrogens is 154 g/mol. The van der Waals surface area contributed by atoms with Gasteiger partial charge in [-0.15, -0.1) is 11.8 Å². The minimum atomic E-state index is 0.452. The monoisotopic (exact) mass is 171 g/mol. The molecule has 0 aliphatic rings. The van der Waals surface area contributed by atoms with E-state index in [1.54, 1.807) is 11.8 Å². The molecule has 0 amide bonds. The SMILES string of the molecule is C/C=C\S/C(C)=C(\N)C(C)C. The molecule has 11 heavy (non-hydrogen) atoms. The Labute approximate surface area is 73.7 Å². The summed E-state index contributed by atoms with van der Waals surface area (Å²) in [5.74, 6) is 0.452. The number of hydrogen-bond donors (Lipinski definition) is 1. The van der Waals surface area contributed by atoms with Crippen LogP contribution in [0, 0.1) is 5.92 Å². The second-order valence-electron chi connectivity index (χ2n) is 2.75. The maximum Gasteiger partial charge on any atom is 0.0203 e. The van der Waals surface area contributed by atoms with Gasteiger partial charge in [-0.05, 0) is 25.2 Å². The number of rotatable bonds is 3. The summed E-state index contributed by atoms with van der Waals surface area (Å²) >= 11 is 1.69. The third-order valence-corrected chi connectivity index (χ3v) is 2.41. The topological polar surface area (TPSA) is 26.0 Å². The van der Waals surface area contributed by atoms with Gasteiger partial charge in [-0.3, -0.25) is 0 Å². The average Bonchev–Trinajstić information content (AvgIpc) is 1.98. The summed E-state index contributed by atoms with van der Waals surface area (Å²) in [6.07, 6.45) is 2.02. The molecule has 0 aromatic heterocycles. The summed E-state index contributed by atoms with van der Waals surface area (Å²) in [6, 6.07) is 0. The summed E-state index contributed by atoms with van der Waals surface area (Å²) in [5, 5.41) is 2.05. The second-order valence-corrected chi connectivity index (χ2v) is 3.87. The Morgan fingerprint density at radius 2 is 2.00 bits per heavy atom. The third kappa shape index (κ3) is 4.14. The van der Waals surface area contributed by atoms with Crippen LogP contribution >= 0.6 is 11.8 Å². The van der Waals surface area contributed by atoms with Gasteiger partial charge in [-0.25, -0.2) is 0 Å². The minimum Gasteiger partial charge on any atom is -0.401 e. The molecule has 0 bridgehead atoms. The summed E-state index contributed by atoms with van der Waals surface area (Å²) in [7, 11) is 0. The van der Waals surface area contributed by atoms with Gasteiger partial charge in [0.05, 0.1) is 0 Å². The van der Waals surface area contributed by atoms with E-state index in [1.165, 1.54) is 4.91 Å². The quantitative estimate of drug-likeness (QED) is 0.706. The number of allylic oxidation sites excluding steroid dienone is 3. The Bertz CT molecular complexity index is 168. The van der Waals surface area contributed by atoms with Crippen molar-refractivity contribution in [2.45, 2.75) is 27.7 Å². The largest absolute Gasteiger partial charge is 0.401 e. The van der Waals surface area contributed by atoms with Gasteiger partial charge < -0.3 is 5.73 Å². The lowest BCUT2D eigenvalue weighted by Crippen LogP contribution is -2.06. The molecule has 0 aliphatic carbocycles. The standard InChI is InChI=1S/C9H17NS/c1-5-6-11-8(4)9(10)7(2)3/h5-7H,10H2,1-4H3/b6-5-,9-8-. The van der Waals surface area contributed by atoms with Crippen molar-refractivity contribution in [3.63, 3.8) is 0 Å². The van der Waals surface area contributed by atoms with Gasteiger partial charge in [0.25, 0.3) is 0 Å². The second kappa shape index (κ2) is 5.30. The third-order valence-electron chi connectivity index (χ3n) is 1.41. The Balaban J connectivity index is 4.16. The first-order valence-electron chi connectivity index (χ1n) is 3.83. The van der Waals surface area contributed by atoms with Crippen LogP contribution < -0.4 is 5.73 Å². The molecule has 0 aromatic carbocycles. The molecule has 2 N–H and O–H groups in total. The molecule has 0 spiro atoms. The van der Waals surface area contributed by atoms with E-state index in [2.05, 4.69) is 20.8 Å². The maximum absolute atomic E-state index is 5.83. The normalized spacial score (nSPS) is 14.3. The highest BCUT2D eigenvalue weighted by molar-refractivity contribution is 8.05. The van der Waals surface area contributed by atoms with E-state index in [4.69, 9.17) is 5.73 Å². The van der Waals surface area contributed by atoms with Crippen molar-refractivity contribution < 1.29 is 0 Å². The molecule has 0 aliphatic heterocycles. The first-order valence-corrected chi connectivity index (χ1v) is 4.71. The van der Waals surface area contributed by atoms with E-state index >= 15 is 0 Å². The fourth-order valence-corrected chi connectivity index (χ4v) is 1.36. The lowest BCUT2D eigenvalue weighted by atomic mass is 10.1. The van der Waals surface area contributed by atoms with Crippen molar-refractivity contribution in [2.24, 2.45) is 11.7 Å². The van der Waals surface area contributed by atoms with Gasteiger partial charge in [0.15, 0.2) is 0 Å². The van der Waals surface area contributed by atoms with E-state index < -0.39 is 0 Å². The molecule has 0 fully saturated rings. The molecule has 0 aromatic rings. The van der Waals surface area contributed by atoms with Gasteiger partial charge in [-0.2, -0.15) is 0 Å². The summed E-state index contributed by atoms with van der Waals surface area (Å²) < 4.78 is 0. The van der Waals surface area contributed by atoms with Crippen LogP contribution in [0.4, 0.5) is 0 Å². The lowest BCUT2D eigenvalue weighted by Gasteiger charge is -2.07. The minimum absolute atomic E-state index is 0.452. The Kier molecular flexibility index (Phi) is 5.12. The molecule has 0 heterocycles. The molecule has 1 nitrogen and oxygen atoms in total. The fourth-order valence-electron chi connectivity index (χ4n) is 0.645. The highest BCUT2D eigenvalue weighted by Crippen LogP contribution is 2.21. The van der Waals surface area contributed by atoms with Crippen molar-refractivity contribution in [2.75, 3.05) is 0 Å². The summed E-state index contributed by atoms with van der Waals surface area (Å²) in [6.45, 7) is 8.27. The molecule has 0 atom stereocenters. The number of nitrogens with two attached hydrogens (primary N) is 1. The summed E-state index contributed by atoms with van der Waals surface area (Å²) in [5.41, 5.74) is 6.82. The first kappa shape index (κ1) is 10.6. The van der Waals surface area contributed by atoms with Crippen LogP contribution in [0.5, 0.6) is 0 Å². The maximum atomic E-state index is 5.83. The molecule has 64 valence electrons. The zero-order valence-corrected chi connectivity index (χ0v) is 8.53. The van der Waals surface area contributed by atoms with Gasteiger partial charge in [0.1, 0.15) is 0 Å². The van der Waals surface area contributed by atoms with E-state index in [-0.39, 0.29) is 0 Å². The van der Waals surface area contributed by atoms with Crippen molar-refractivity contribution in [1.82, 2.24) is 0 Å². The van der Waals surface area contributed by atoms with E-state index in [0.717, 1.165) is 5.70 Å². The van der Waals surface area contributed by atoms with Crippen molar-refractivity contribution in [3.8, 4) is 0 Å². The molecule has 0 rings (SSSR count). The zero-order valence-electron chi connectivity index (χ0n) is 7.72. The van der Waals surface area contributed by atoms with E-state index in [1.807, 2.05) is 18.4 Å².